The van der Waals surface area contributed by atoms with Crippen LogP contribution in [0.3, 0.4) is 0 Å². The van der Waals surface area contributed by atoms with E-state index in [9.17, 15) is 0 Å². The second-order valence-electron chi connectivity index (χ2n) is 1.90. The predicted molar refractivity (Wildman–Crippen MR) is 40.6 cm³/mol. The normalized spacial score (nSPS) is 9.00. The van der Waals surface area contributed by atoms with E-state index in [0.29, 0.717) is 0 Å². The summed E-state index contributed by atoms with van der Waals surface area (Å²) in [7, 11) is 2.66. The van der Waals surface area contributed by atoms with Gasteiger partial charge in [0.15, 0.2) is 0 Å². The Morgan fingerprint density at radius 2 is 1.90 bits per heavy atom. The van der Waals surface area contributed by atoms with E-state index >= 15 is 0 Å². The number of hydrogen-bond donors (Lipinski definition) is 1. The molecular weight excluding hydrogens is 127 g/mol. The van der Waals surface area contributed by atoms with Crippen LogP contribution in [0.1, 0.15) is 0 Å². The number of benzene rings is 1. The Morgan fingerprint density at radius 1 is 1.30 bits per heavy atom. The van der Waals surface area contributed by atoms with Crippen molar-refractivity contribution in [1.82, 2.24) is 0 Å². The third-order valence-electron chi connectivity index (χ3n) is 1.26. The fourth-order valence-electron chi connectivity index (χ4n) is 0.690. The molecule has 0 saturated carbocycles. The van der Waals surface area contributed by atoms with Crippen LogP contribution in [0.5, 0.6) is 5.75 Å². The van der Waals surface area contributed by atoms with Gasteiger partial charge in [-0.15, -0.1) is 0 Å². The van der Waals surface area contributed by atoms with Crippen molar-refractivity contribution in [1.29, 1.82) is 0 Å². The lowest BCUT2D eigenvalue weighted by Crippen LogP contribution is -2.11. The van der Waals surface area contributed by atoms with Crippen LogP contribution >= 0.6 is 0 Å². The number of methoxy groups -OCH3 is 1. The van der Waals surface area contributed by atoms with Gasteiger partial charge in [0.25, 0.3) is 0 Å². The van der Waals surface area contributed by atoms with Gasteiger partial charge in [-0.1, -0.05) is 17.6 Å². The molecule has 0 aliphatic carbocycles. The van der Waals surface area contributed by atoms with E-state index in [1.807, 2.05) is 0 Å². The van der Waals surface area contributed by atoms with Crippen molar-refractivity contribution in [3.05, 3.63) is 24.3 Å². The molecule has 0 amide bonds. The first kappa shape index (κ1) is 7.16. The van der Waals surface area contributed by atoms with Gasteiger partial charge in [0.05, 0.1) is 7.11 Å². The average Bonchev–Trinajstić information content (AvgIpc) is 2.05. The van der Waals surface area contributed by atoms with E-state index in [4.69, 9.17) is 9.76 Å². The summed E-state index contributed by atoms with van der Waals surface area (Å²) in [4.78, 5) is 0. The summed E-state index contributed by atoms with van der Waals surface area (Å²) in [6.45, 7) is 0. The molecule has 51 valence electrons. The van der Waals surface area contributed by atoms with Gasteiger partial charge < -0.3 is 9.76 Å². The summed E-state index contributed by atoms with van der Waals surface area (Å²) in [6.07, 6.45) is 0. The highest BCUT2D eigenvalue weighted by Gasteiger charge is 1.92. The minimum atomic E-state index is 0.779. The van der Waals surface area contributed by atoms with Crippen LogP contribution in [0.15, 0.2) is 24.3 Å². The second kappa shape index (κ2) is 3.27. The summed E-state index contributed by atoms with van der Waals surface area (Å²) in [5, 5.41) is 8.54. The molecule has 0 spiro atoms. The van der Waals surface area contributed by atoms with Crippen molar-refractivity contribution in [2.24, 2.45) is 0 Å². The molecule has 0 aromatic heterocycles. The van der Waals surface area contributed by atoms with Crippen molar-refractivity contribution in [2.75, 3.05) is 7.11 Å². The lowest BCUT2D eigenvalue weighted by molar-refractivity contribution is 0.415. The molecule has 0 aliphatic rings. The van der Waals surface area contributed by atoms with Crippen LogP contribution in [0.4, 0.5) is 0 Å². The van der Waals surface area contributed by atoms with Gasteiger partial charge in [0.2, 0.25) is 0 Å². The maximum absolute atomic E-state index is 8.54. The van der Waals surface area contributed by atoms with Gasteiger partial charge in [-0.2, -0.15) is 0 Å². The Balaban J connectivity index is 2.80. The van der Waals surface area contributed by atoms with Gasteiger partial charge in [-0.05, 0) is 12.1 Å². The van der Waals surface area contributed by atoms with Crippen molar-refractivity contribution in [2.45, 2.75) is 0 Å². The Bertz CT molecular complexity index is 172. The third-order valence-corrected chi connectivity index (χ3v) is 1.26. The standard InChI is InChI=1S/C7H8BO2/c1-10-7-4-2-6(8-9)3-5-7/h2-5,9H,1H3. The molecule has 0 unspecified atom stereocenters. The van der Waals surface area contributed by atoms with Crippen LogP contribution < -0.4 is 10.2 Å². The molecule has 1 rings (SSSR count). The number of hydrogen-bond acceptors (Lipinski definition) is 2. The molecule has 0 aliphatic heterocycles. The van der Waals surface area contributed by atoms with E-state index in [-0.39, 0.29) is 0 Å². The largest absolute Gasteiger partial charge is 0.497 e. The van der Waals surface area contributed by atoms with Gasteiger partial charge in [-0.3, -0.25) is 0 Å². The molecule has 0 bridgehead atoms. The summed E-state index contributed by atoms with van der Waals surface area (Å²) in [5.41, 5.74) is 0.779. The van der Waals surface area contributed by atoms with Crippen molar-refractivity contribution >= 4 is 12.9 Å². The molecular formula is C7H8BO2. The van der Waals surface area contributed by atoms with E-state index in [0.717, 1.165) is 18.7 Å². The van der Waals surface area contributed by atoms with E-state index in [2.05, 4.69) is 0 Å². The maximum Gasteiger partial charge on any atom is 0.326 e. The zero-order chi connectivity index (χ0) is 7.40. The van der Waals surface area contributed by atoms with Crippen LogP contribution in [-0.2, 0) is 0 Å². The molecule has 3 heteroatoms. The zero-order valence-corrected chi connectivity index (χ0v) is 5.74. The minimum absolute atomic E-state index is 0.779. The molecule has 0 atom stereocenters. The summed E-state index contributed by atoms with van der Waals surface area (Å²) >= 11 is 0. The molecule has 1 aromatic rings. The zero-order valence-electron chi connectivity index (χ0n) is 5.74. The van der Waals surface area contributed by atoms with Crippen molar-refractivity contribution in [3.8, 4) is 5.75 Å². The second-order valence-corrected chi connectivity index (χ2v) is 1.90. The summed E-state index contributed by atoms with van der Waals surface area (Å²) < 4.78 is 4.92. The Kier molecular flexibility index (Phi) is 2.34. The topological polar surface area (TPSA) is 29.5 Å². The maximum atomic E-state index is 8.54. The predicted octanol–water partition coefficient (Wildman–Crippen LogP) is -0.0680. The quantitative estimate of drug-likeness (QED) is 0.575. The van der Waals surface area contributed by atoms with Crippen LogP contribution in [0.25, 0.3) is 0 Å². The fourth-order valence-corrected chi connectivity index (χ4v) is 0.690. The molecule has 2 nitrogen and oxygen atoms in total. The van der Waals surface area contributed by atoms with Crippen LogP contribution in [0.2, 0.25) is 0 Å². The first-order valence-corrected chi connectivity index (χ1v) is 2.98. The fraction of sp³-hybridized carbons (Fsp3) is 0.143. The Labute approximate surface area is 60.7 Å². The highest BCUT2D eigenvalue weighted by atomic mass is 16.5. The molecule has 10 heavy (non-hydrogen) atoms. The number of ether oxygens (including phenoxy) is 1. The van der Waals surface area contributed by atoms with Crippen molar-refractivity contribution in [3.63, 3.8) is 0 Å². The molecule has 0 fully saturated rings. The minimum Gasteiger partial charge on any atom is -0.497 e. The Morgan fingerprint density at radius 3 is 2.30 bits per heavy atom. The average molecular weight is 135 g/mol. The monoisotopic (exact) mass is 135 g/mol. The van der Waals surface area contributed by atoms with E-state index < -0.39 is 0 Å². The molecule has 1 aromatic carbocycles. The van der Waals surface area contributed by atoms with E-state index in [1.54, 1.807) is 31.4 Å². The first-order valence-electron chi connectivity index (χ1n) is 2.98. The van der Waals surface area contributed by atoms with Gasteiger partial charge in [-0.25, -0.2) is 0 Å². The molecule has 0 heterocycles. The lowest BCUT2D eigenvalue weighted by Gasteiger charge is -1.98. The highest BCUT2D eigenvalue weighted by molar-refractivity contribution is 6.45. The molecule has 1 radical (unpaired) electrons. The molecule has 0 saturated heterocycles. The van der Waals surface area contributed by atoms with Gasteiger partial charge >= 0.3 is 7.48 Å². The smallest absolute Gasteiger partial charge is 0.326 e. The summed E-state index contributed by atoms with van der Waals surface area (Å²) in [6, 6.07) is 7.14. The summed E-state index contributed by atoms with van der Waals surface area (Å²) in [5.74, 6) is 0.797. The van der Waals surface area contributed by atoms with Crippen molar-refractivity contribution < 1.29 is 9.76 Å². The first-order chi connectivity index (χ1) is 4.86. The molecule has 1 N–H and O–H groups in total. The van der Waals surface area contributed by atoms with Gasteiger partial charge in [0.1, 0.15) is 5.75 Å². The van der Waals surface area contributed by atoms with Gasteiger partial charge in [0, 0.05) is 0 Å². The van der Waals surface area contributed by atoms with E-state index in [1.165, 1.54) is 0 Å². The lowest BCUT2D eigenvalue weighted by atomic mass is 9.89. The van der Waals surface area contributed by atoms with Crippen LogP contribution in [0, 0.1) is 0 Å². The number of rotatable bonds is 2. The van der Waals surface area contributed by atoms with Crippen LogP contribution in [-0.4, -0.2) is 19.6 Å². The Hall–Kier alpha value is -0.955. The highest BCUT2D eigenvalue weighted by Crippen LogP contribution is 2.04. The third kappa shape index (κ3) is 1.51. The SMILES string of the molecule is COc1ccc([B]O)cc1.